The van der Waals surface area contributed by atoms with Crippen LogP contribution in [0.1, 0.15) is 105 Å². The van der Waals surface area contributed by atoms with Crippen molar-refractivity contribution in [3.05, 3.63) is 11.6 Å². The second kappa shape index (κ2) is 7.66. The number of rotatable bonds is 5. The van der Waals surface area contributed by atoms with Crippen molar-refractivity contribution in [1.29, 1.82) is 0 Å². The molecule has 4 rings (SSSR count). The summed E-state index contributed by atoms with van der Waals surface area (Å²) in [4.78, 5) is 0. The molecule has 2 nitrogen and oxygen atoms in total. The molecule has 8 atom stereocenters. The Morgan fingerprint density at radius 1 is 1.03 bits per heavy atom. The molecule has 4 aliphatic carbocycles. The van der Waals surface area contributed by atoms with Crippen molar-refractivity contribution in [2.24, 2.45) is 46.2 Å². The van der Waals surface area contributed by atoms with Gasteiger partial charge in [0.2, 0.25) is 0 Å². The van der Waals surface area contributed by atoms with Crippen LogP contribution in [0.3, 0.4) is 0 Å². The Balaban J connectivity index is 1.55. The quantitative estimate of drug-likeness (QED) is 0.519. The first-order chi connectivity index (χ1) is 13.6. The van der Waals surface area contributed by atoms with E-state index in [1.165, 1.54) is 44.9 Å². The number of aliphatic hydroxyl groups excluding tert-OH is 1. The molecule has 0 amide bonds. The molecule has 0 aromatic rings. The largest absolute Gasteiger partial charge is 0.393 e. The van der Waals surface area contributed by atoms with Gasteiger partial charge in [0.25, 0.3) is 0 Å². The lowest BCUT2D eigenvalue weighted by atomic mass is 9.44. The number of allylic oxidation sites excluding steroid dienone is 1. The highest BCUT2D eigenvalue weighted by molar-refractivity contribution is 5.28. The van der Waals surface area contributed by atoms with E-state index in [9.17, 15) is 5.11 Å². The van der Waals surface area contributed by atoms with Crippen molar-refractivity contribution in [3.63, 3.8) is 0 Å². The van der Waals surface area contributed by atoms with Gasteiger partial charge in [-0.15, -0.1) is 0 Å². The number of nitrogens with two attached hydrogens (primary N) is 1. The first-order valence-corrected chi connectivity index (χ1v) is 12.8. The van der Waals surface area contributed by atoms with Gasteiger partial charge in [-0.1, -0.05) is 65.5 Å². The second-order valence-electron chi connectivity index (χ2n) is 12.4. The van der Waals surface area contributed by atoms with Gasteiger partial charge in [0.1, 0.15) is 0 Å². The van der Waals surface area contributed by atoms with Crippen molar-refractivity contribution < 1.29 is 5.11 Å². The molecule has 0 spiro atoms. The summed E-state index contributed by atoms with van der Waals surface area (Å²) < 4.78 is 0. The minimum Gasteiger partial charge on any atom is -0.393 e. The number of aliphatic hydroxyl groups is 1. The molecule has 0 bridgehead atoms. The SMILES string of the molecule is CC(C)CCC[C@@H](C)[C@H]1CC[C@@]2(N)[C@@H]3CC=C4C[C@@H](O)CC[C@]4(C)[C@H]3CC[C@]12C. The van der Waals surface area contributed by atoms with Crippen molar-refractivity contribution >= 4 is 0 Å². The molecule has 0 saturated heterocycles. The summed E-state index contributed by atoms with van der Waals surface area (Å²) in [6, 6.07) is 0. The van der Waals surface area contributed by atoms with Crippen LogP contribution in [0.2, 0.25) is 0 Å². The highest BCUT2D eigenvalue weighted by Gasteiger charge is 2.65. The van der Waals surface area contributed by atoms with Gasteiger partial charge in [-0.05, 0) is 91.8 Å². The van der Waals surface area contributed by atoms with Crippen LogP contribution in [0.5, 0.6) is 0 Å². The zero-order chi connectivity index (χ0) is 21.0. The highest BCUT2D eigenvalue weighted by atomic mass is 16.3. The second-order valence-corrected chi connectivity index (χ2v) is 12.4. The maximum Gasteiger partial charge on any atom is 0.0577 e. The number of fused-ring (bicyclic) bond motifs is 5. The summed E-state index contributed by atoms with van der Waals surface area (Å²) in [5.74, 6) is 3.78. The zero-order valence-electron chi connectivity index (χ0n) is 19.8. The minimum absolute atomic E-state index is 0.00793. The van der Waals surface area contributed by atoms with E-state index < -0.39 is 0 Å². The third-order valence-electron chi connectivity index (χ3n) is 10.6. The van der Waals surface area contributed by atoms with Crippen molar-refractivity contribution in [3.8, 4) is 0 Å². The van der Waals surface area contributed by atoms with E-state index in [0.29, 0.717) is 11.3 Å². The molecule has 0 aliphatic heterocycles. The minimum atomic E-state index is -0.117. The van der Waals surface area contributed by atoms with Crippen LogP contribution in [0.15, 0.2) is 11.6 Å². The predicted molar refractivity (Wildman–Crippen MR) is 122 cm³/mol. The Labute approximate surface area is 180 Å². The molecular weight excluding hydrogens is 354 g/mol. The van der Waals surface area contributed by atoms with E-state index in [1.807, 2.05) is 0 Å². The van der Waals surface area contributed by atoms with Crippen molar-refractivity contribution in [2.75, 3.05) is 0 Å². The summed E-state index contributed by atoms with van der Waals surface area (Å²) in [5.41, 5.74) is 9.65. The van der Waals surface area contributed by atoms with E-state index in [0.717, 1.165) is 49.4 Å². The van der Waals surface area contributed by atoms with E-state index in [-0.39, 0.29) is 17.1 Å². The van der Waals surface area contributed by atoms with Gasteiger partial charge >= 0.3 is 0 Å². The van der Waals surface area contributed by atoms with Crippen molar-refractivity contribution in [2.45, 2.75) is 117 Å². The first-order valence-electron chi connectivity index (χ1n) is 12.8. The van der Waals surface area contributed by atoms with Crippen molar-refractivity contribution in [1.82, 2.24) is 0 Å². The Morgan fingerprint density at radius 3 is 2.52 bits per heavy atom. The fraction of sp³-hybridized carbons (Fsp3) is 0.926. The monoisotopic (exact) mass is 401 g/mol. The lowest BCUT2D eigenvalue weighted by molar-refractivity contribution is -0.0735. The fourth-order valence-electron chi connectivity index (χ4n) is 8.71. The molecule has 2 heteroatoms. The van der Waals surface area contributed by atoms with Crippen LogP contribution in [0.4, 0.5) is 0 Å². The maximum absolute atomic E-state index is 10.2. The third kappa shape index (κ3) is 3.36. The van der Waals surface area contributed by atoms with Gasteiger partial charge < -0.3 is 10.8 Å². The molecule has 0 unspecified atom stereocenters. The third-order valence-corrected chi connectivity index (χ3v) is 10.6. The topological polar surface area (TPSA) is 46.2 Å². The van der Waals surface area contributed by atoms with E-state index in [2.05, 4.69) is 40.7 Å². The van der Waals surface area contributed by atoms with Crippen LogP contribution >= 0.6 is 0 Å². The maximum atomic E-state index is 10.2. The average molecular weight is 402 g/mol. The van der Waals surface area contributed by atoms with Crippen LogP contribution in [-0.4, -0.2) is 16.7 Å². The molecule has 3 N–H and O–H groups in total. The molecule has 0 aromatic heterocycles. The molecular formula is C27H47NO. The van der Waals surface area contributed by atoms with E-state index in [4.69, 9.17) is 5.73 Å². The van der Waals surface area contributed by atoms with Gasteiger partial charge in [0.05, 0.1) is 6.10 Å². The summed E-state index contributed by atoms with van der Waals surface area (Å²) >= 11 is 0. The summed E-state index contributed by atoms with van der Waals surface area (Å²) in [6.45, 7) is 12.3. The Hall–Kier alpha value is -0.340. The van der Waals surface area contributed by atoms with Crippen LogP contribution in [0, 0.1) is 40.4 Å². The summed E-state index contributed by atoms with van der Waals surface area (Å²) in [7, 11) is 0. The summed E-state index contributed by atoms with van der Waals surface area (Å²) in [6.07, 6.45) is 15.9. The van der Waals surface area contributed by atoms with Gasteiger partial charge in [0, 0.05) is 5.54 Å². The van der Waals surface area contributed by atoms with Gasteiger partial charge in [-0.25, -0.2) is 0 Å². The standard InChI is InChI=1S/C27H47NO/c1-18(2)7-6-8-19(3)22-13-16-27(28)24-10-9-20-17-21(29)11-14-25(20,4)23(24)12-15-26(22,27)5/h9,18-19,21-24,29H,6-8,10-17,28H2,1-5H3/t19-,21+,22-,23+,24-,25+,26-,27-/m1/s1. The Morgan fingerprint density at radius 2 is 1.79 bits per heavy atom. The molecule has 0 heterocycles. The number of hydrogen-bond acceptors (Lipinski definition) is 2. The lowest BCUT2D eigenvalue weighted by Crippen LogP contribution is -2.65. The zero-order valence-corrected chi connectivity index (χ0v) is 19.8. The van der Waals surface area contributed by atoms with Crippen LogP contribution in [0.25, 0.3) is 0 Å². The Bertz CT molecular complexity index is 640. The lowest BCUT2D eigenvalue weighted by Gasteiger charge is -2.62. The van der Waals surface area contributed by atoms with Gasteiger partial charge in [-0.2, -0.15) is 0 Å². The smallest absolute Gasteiger partial charge is 0.0577 e. The average Bonchev–Trinajstić information content (AvgIpc) is 2.93. The van der Waals surface area contributed by atoms with Crippen LogP contribution < -0.4 is 5.73 Å². The molecule has 3 saturated carbocycles. The van der Waals surface area contributed by atoms with E-state index in [1.54, 1.807) is 5.57 Å². The first kappa shape index (κ1) is 21.9. The molecule has 166 valence electrons. The molecule has 0 radical (unpaired) electrons. The molecule has 29 heavy (non-hydrogen) atoms. The van der Waals surface area contributed by atoms with Crippen LogP contribution in [-0.2, 0) is 0 Å². The molecule has 4 aliphatic rings. The fourth-order valence-corrected chi connectivity index (χ4v) is 8.71. The van der Waals surface area contributed by atoms with Gasteiger partial charge in [-0.3, -0.25) is 0 Å². The highest BCUT2D eigenvalue weighted by Crippen LogP contribution is 2.68. The Kier molecular flexibility index (Phi) is 5.78. The molecule has 0 aromatic carbocycles. The van der Waals surface area contributed by atoms with Gasteiger partial charge in [0.15, 0.2) is 0 Å². The predicted octanol–water partition coefficient (Wildman–Crippen LogP) is 6.47. The number of hydrogen-bond donors (Lipinski definition) is 2. The van der Waals surface area contributed by atoms with E-state index >= 15 is 0 Å². The normalized spacial score (nSPS) is 47.9. The summed E-state index contributed by atoms with van der Waals surface area (Å²) in [5, 5.41) is 10.2. The molecule has 3 fully saturated rings.